The molecule has 2 aromatic rings. The summed E-state index contributed by atoms with van der Waals surface area (Å²) in [6.07, 6.45) is 1.59. The maximum Gasteiger partial charge on any atom is 0.225 e. The van der Waals surface area contributed by atoms with E-state index in [1.54, 1.807) is 11.0 Å². The van der Waals surface area contributed by atoms with Crippen molar-refractivity contribution in [1.82, 2.24) is 20.3 Å². The highest BCUT2D eigenvalue weighted by molar-refractivity contribution is 6.29. The summed E-state index contributed by atoms with van der Waals surface area (Å²) in [5.74, 6) is 1.73. The summed E-state index contributed by atoms with van der Waals surface area (Å²) in [7, 11) is 1.81. The molecule has 128 valence electrons. The van der Waals surface area contributed by atoms with Crippen LogP contribution in [0.5, 0.6) is 0 Å². The predicted molar refractivity (Wildman–Crippen MR) is 89.7 cm³/mol. The number of aryl methyl sites for hydroxylation is 1. The van der Waals surface area contributed by atoms with Gasteiger partial charge in [-0.1, -0.05) is 16.8 Å². The number of hydrogen-bond acceptors (Lipinski definition) is 6. The van der Waals surface area contributed by atoms with Crippen molar-refractivity contribution in [2.75, 3.05) is 25.0 Å². The number of carbonyl (C=O) groups excluding carboxylic acids is 1. The van der Waals surface area contributed by atoms with Gasteiger partial charge < -0.3 is 14.3 Å². The Kier molecular flexibility index (Phi) is 4.99. The summed E-state index contributed by atoms with van der Waals surface area (Å²) in [4.78, 5) is 16.5. The number of hydrogen-bond donors (Lipinski definition) is 0. The SMILES string of the molecule is Cc1cc(CN(C)C(=O)C2CCN(c3ccc(Cl)nn3)CC2)no1. The van der Waals surface area contributed by atoms with Crippen molar-refractivity contribution in [3.63, 3.8) is 0 Å². The minimum absolute atomic E-state index is 0.0273. The van der Waals surface area contributed by atoms with Crippen molar-refractivity contribution < 1.29 is 9.32 Å². The molecule has 0 aliphatic carbocycles. The number of carbonyl (C=O) groups is 1. The van der Waals surface area contributed by atoms with Crippen molar-refractivity contribution in [2.45, 2.75) is 26.3 Å². The molecule has 24 heavy (non-hydrogen) atoms. The van der Waals surface area contributed by atoms with Gasteiger partial charge in [0, 0.05) is 32.1 Å². The van der Waals surface area contributed by atoms with Gasteiger partial charge in [-0.05, 0) is 31.9 Å². The summed E-state index contributed by atoms with van der Waals surface area (Å²) >= 11 is 5.76. The Morgan fingerprint density at radius 3 is 2.71 bits per heavy atom. The molecule has 1 aliphatic heterocycles. The molecule has 0 aromatic carbocycles. The molecule has 0 saturated carbocycles. The number of halogens is 1. The molecule has 0 N–H and O–H groups in total. The molecule has 0 atom stereocenters. The zero-order valence-electron chi connectivity index (χ0n) is 13.8. The third-order valence-corrected chi connectivity index (χ3v) is 4.44. The Balaban J connectivity index is 1.53. The van der Waals surface area contributed by atoms with E-state index in [0.29, 0.717) is 11.7 Å². The highest BCUT2D eigenvalue weighted by atomic mass is 35.5. The molecule has 0 radical (unpaired) electrons. The number of piperidine rings is 1. The van der Waals surface area contributed by atoms with Crippen LogP contribution in [0.4, 0.5) is 5.82 Å². The second-order valence-corrected chi connectivity index (χ2v) is 6.49. The maximum atomic E-state index is 12.6. The van der Waals surface area contributed by atoms with Gasteiger partial charge >= 0.3 is 0 Å². The van der Waals surface area contributed by atoms with E-state index in [2.05, 4.69) is 20.3 Å². The average Bonchev–Trinajstić information content (AvgIpc) is 3.00. The van der Waals surface area contributed by atoms with Gasteiger partial charge in [-0.15, -0.1) is 10.2 Å². The molecule has 1 aliphatic rings. The van der Waals surface area contributed by atoms with Crippen molar-refractivity contribution in [1.29, 1.82) is 0 Å². The summed E-state index contributed by atoms with van der Waals surface area (Å²) in [5, 5.41) is 12.3. The largest absolute Gasteiger partial charge is 0.361 e. The minimum atomic E-state index is 0.0273. The lowest BCUT2D eigenvalue weighted by Gasteiger charge is -2.33. The Morgan fingerprint density at radius 2 is 2.12 bits per heavy atom. The Morgan fingerprint density at radius 1 is 1.38 bits per heavy atom. The standard InChI is InChI=1S/C16H20ClN5O2/c1-11-9-13(20-24-11)10-21(2)16(23)12-5-7-22(8-6-12)15-4-3-14(17)18-19-15/h3-4,9,12H,5-8,10H2,1-2H3. The van der Waals surface area contributed by atoms with E-state index in [9.17, 15) is 4.79 Å². The second-order valence-electron chi connectivity index (χ2n) is 6.10. The van der Waals surface area contributed by atoms with Crippen LogP contribution in [0.25, 0.3) is 0 Å². The second kappa shape index (κ2) is 7.17. The number of nitrogens with zero attached hydrogens (tertiary/aromatic N) is 5. The molecule has 1 saturated heterocycles. The molecule has 1 fully saturated rings. The van der Waals surface area contributed by atoms with Crippen LogP contribution in [0.2, 0.25) is 5.15 Å². The van der Waals surface area contributed by atoms with Crippen molar-refractivity contribution in [3.05, 3.63) is 34.8 Å². The van der Waals surface area contributed by atoms with Crippen LogP contribution in [0.1, 0.15) is 24.3 Å². The molecule has 7 nitrogen and oxygen atoms in total. The zero-order valence-corrected chi connectivity index (χ0v) is 14.5. The van der Waals surface area contributed by atoms with Gasteiger partial charge in [0.2, 0.25) is 5.91 Å². The summed E-state index contributed by atoms with van der Waals surface area (Å²) in [6, 6.07) is 5.44. The number of anilines is 1. The number of rotatable bonds is 4. The van der Waals surface area contributed by atoms with E-state index < -0.39 is 0 Å². The van der Waals surface area contributed by atoms with Gasteiger partial charge in [0.25, 0.3) is 0 Å². The molecule has 2 aromatic heterocycles. The summed E-state index contributed by atoms with van der Waals surface area (Å²) in [6.45, 7) is 3.88. The third-order valence-electron chi connectivity index (χ3n) is 4.24. The molecule has 0 spiro atoms. The van der Waals surface area contributed by atoms with Crippen molar-refractivity contribution in [3.8, 4) is 0 Å². The van der Waals surface area contributed by atoms with E-state index in [-0.39, 0.29) is 11.8 Å². The van der Waals surface area contributed by atoms with Crippen LogP contribution < -0.4 is 4.90 Å². The first-order valence-corrected chi connectivity index (χ1v) is 8.32. The number of aromatic nitrogens is 3. The van der Waals surface area contributed by atoms with Gasteiger partial charge in [-0.25, -0.2) is 0 Å². The predicted octanol–water partition coefficient (Wildman–Crippen LogP) is 2.30. The molecular weight excluding hydrogens is 330 g/mol. The zero-order chi connectivity index (χ0) is 17.1. The van der Waals surface area contributed by atoms with Crippen LogP contribution in [0.3, 0.4) is 0 Å². The van der Waals surface area contributed by atoms with Crippen LogP contribution in [0.15, 0.2) is 22.7 Å². The molecule has 3 heterocycles. The molecule has 0 bridgehead atoms. The smallest absolute Gasteiger partial charge is 0.225 e. The highest BCUT2D eigenvalue weighted by Gasteiger charge is 2.28. The lowest BCUT2D eigenvalue weighted by Crippen LogP contribution is -2.41. The van der Waals surface area contributed by atoms with E-state index in [4.69, 9.17) is 16.1 Å². The van der Waals surface area contributed by atoms with E-state index in [0.717, 1.165) is 43.2 Å². The number of amides is 1. The monoisotopic (exact) mass is 349 g/mol. The van der Waals surface area contributed by atoms with Gasteiger partial charge in [-0.2, -0.15) is 0 Å². The van der Waals surface area contributed by atoms with Gasteiger partial charge in [0.05, 0.1) is 6.54 Å². The first-order valence-electron chi connectivity index (χ1n) is 7.94. The normalized spacial score (nSPS) is 15.5. The fraction of sp³-hybridized carbons (Fsp3) is 0.500. The van der Waals surface area contributed by atoms with Crippen LogP contribution in [-0.2, 0) is 11.3 Å². The fourth-order valence-corrected chi connectivity index (χ4v) is 3.06. The molecule has 1 amide bonds. The van der Waals surface area contributed by atoms with E-state index >= 15 is 0 Å². The topological polar surface area (TPSA) is 75.4 Å². The van der Waals surface area contributed by atoms with Crippen molar-refractivity contribution in [2.24, 2.45) is 5.92 Å². The fourth-order valence-electron chi connectivity index (χ4n) is 2.96. The summed E-state index contributed by atoms with van der Waals surface area (Å²) < 4.78 is 5.05. The Hall–Kier alpha value is -2.15. The summed E-state index contributed by atoms with van der Waals surface area (Å²) in [5.41, 5.74) is 0.775. The first kappa shape index (κ1) is 16.7. The highest BCUT2D eigenvalue weighted by Crippen LogP contribution is 2.23. The van der Waals surface area contributed by atoms with Crippen molar-refractivity contribution >= 4 is 23.3 Å². The lowest BCUT2D eigenvalue weighted by molar-refractivity contribution is -0.135. The Bertz CT molecular complexity index is 695. The lowest BCUT2D eigenvalue weighted by atomic mass is 9.95. The first-order chi connectivity index (χ1) is 11.5. The molecule has 3 rings (SSSR count). The minimum Gasteiger partial charge on any atom is -0.361 e. The maximum absolute atomic E-state index is 12.6. The quantitative estimate of drug-likeness (QED) is 0.843. The van der Waals surface area contributed by atoms with Gasteiger partial charge in [0.1, 0.15) is 11.5 Å². The Labute approximate surface area is 145 Å². The van der Waals surface area contributed by atoms with E-state index in [1.807, 2.05) is 26.1 Å². The van der Waals surface area contributed by atoms with Crippen LogP contribution in [-0.4, -0.2) is 46.3 Å². The third kappa shape index (κ3) is 3.84. The van der Waals surface area contributed by atoms with Crippen LogP contribution >= 0.6 is 11.6 Å². The van der Waals surface area contributed by atoms with Gasteiger partial charge in [-0.3, -0.25) is 4.79 Å². The van der Waals surface area contributed by atoms with Crippen LogP contribution in [0, 0.1) is 12.8 Å². The van der Waals surface area contributed by atoms with Gasteiger partial charge in [0.15, 0.2) is 11.0 Å². The molecular formula is C16H20ClN5O2. The van der Waals surface area contributed by atoms with E-state index in [1.165, 1.54) is 0 Å². The molecule has 0 unspecified atom stereocenters. The molecule has 8 heteroatoms. The average molecular weight is 350 g/mol.